The van der Waals surface area contributed by atoms with Crippen LogP contribution in [0.5, 0.6) is 0 Å². The molecule has 0 radical (unpaired) electrons. The number of carboxylic acids is 1. The van der Waals surface area contributed by atoms with Crippen molar-refractivity contribution in [3.8, 4) is 6.07 Å². The van der Waals surface area contributed by atoms with Gasteiger partial charge in [-0.3, -0.25) is 9.59 Å². The fourth-order valence-electron chi connectivity index (χ4n) is 1.67. The number of carbonyl (C=O) groups excluding carboxylic acids is 1. The van der Waals surface area contributed by atoms with E-state index in [1.165, 1.54) is 6.92 Å². The summed E-state index contributed by atoms with van der Waals surface area (Å²) >= 11 is 0. The highest BCUT2D eigenvalue weighted by atomic mass is 16.4. The Labute approximate surface area is 105 Å². The Balaban J connectivity index is 2.72. The summed E-state index contributed by atoms with van der Waals surface area (Å²) in [6.07, 6.45) is 0.303. The van der Waals surface area contributed by atoms with E-state index in [1.807, 2.05) is 6.07 Å². The van der Waals surface area contributed by atoms with Crippen LogP contribution in [-0.2, 0) is 16.0 Å². The van der Waals surface area contributed by atoms with Gasteiger partial charge >= 0.3 is 5.97 Å². The fourth-order valence-corrected chi connectivity index (χ4v) is 1.67. The second kappa shape index (κ2) is 6.40. The Morgan fingerprint density at radius 2 is 2.00 bits per heavy atom. The molecule has 0 saturated carbocycles. The number of nitriles is 1. The quantitative estimate of drug-likeness (QED) is 0.813. The van der Waals surface area contributed by atoms with Crippen LogP contribution in [0.15, 0.2) is 24.3 Å². The Morgan fingerprint density at radius 3 is 2.44 bits per heavy atom. The Hall–Kier alpha value is -2.35. The summed E-state index contributed by atoms with van der Waals surface area (Å²) in [4.78, 5) is 21.7. The van der Waals surface area contributed by atoms with Crippen LogP contribution in [0.2, 0.25) is 0 Å². The van der Waals surface area contributed by atoms with E-state index in [1.54, 1.807) is 24.3 Å². The lowest BCUT2D eigenvalue weighted by Gasteiger charge is -2.15. The van der Waals surface area contributed by atoms with Gasteiger partial charge in [0.2, 0.25) is 5.91 Å². The molecule has 1 atom stereocenters. The standard InChI is InChI=1S/C13H14N2O3/c1-9(16)15-12(7-13(17)18)6-10-2-4-11(8-14)5-3-10/h2-5,12H,6-7H2,1H3,(H,15,16)(H,17,18)/t12-/m0/s1. The molecule has 1 rings (SSSR count). The van der Waals surface area contributed by atoms with Crippen molar-refractivity contribution in [2.45, 2.75) is 25.8 Å². The van der Waals surface area contributed by atoms with Crippen LogP contribution in [0.1, 0.15) is 24.5 Å². The molecular weight excluding hydrogens is 232 g/mol. The first-order chi connectivity index (χ1) is 8.51. The van der Waals surface area contributed by atoms with Gasteiger partial charge in [-0.1, -0.05) is 12.1 Å². The fraction of sp³-hybridized carbons (Fsp3) is 0.308. The smallest absolute Gasteiger partial charge is 0.305 e. The number of aliphatic carboxylic acids is 1. The summed E-state index contributed by atoms with van der Waals surface area (Å²) in [6, 6.07) is 8.42. The number of hydrogen-bond donors (Lipinski definition) is 2. The number of carboxylic acid groups (broad SMARTS) is 1. The molecule has 1 aromatic carbocycles. The normalized spacial score (nSPS) is 11.3. The summed E-state index contributed by atoms with van der Waals surface area (Å²) < 4.78 is 0. The molecule has 0 saturated heterocycles. The molecule has 0 aliphatic rings. The highest BCUT2D eigenvalue weighted by molar-refractivity contribution is 5.75. The van der Waals surface area contributed by atoms with Crippen molar-refractivity contribution >= 4 is 11.9 Å². The molecule has 0 aromatic heterocycles. The van der Waals surface area contributed by atoms with Crippen molar-refractivity contribution in [3.63, 3.8) is 0 Å². The van der Waals surface area contributed by atoms with Crippen molar-refractivity contribution in [2.24, 2.45) is 0 Å². The molecule has 0 aliphatic heterocycles. The Kier molecular flexibility index (Phi) is 4.88. The zero-order chi connectivity index (χ0) is 13.5. The minimum atomic E-state index is -0.956. The lowest BCUT2D eigenvalue weighted by molar-refractivity contribution is -0.137. The molecule has 0 unspecified atom stereocenters. The van der Waals surface area contributed by atoms with E-state index in [9.17, 15) is 9.59 Å². The summed E-state index contributed by atoms with van der Waals surface area (Å²) in [5.74, 6) is -1.21. The molecule has 0 heterocycles. The highest BCUT2D eigenvalue weighted by Gasteiger charge is 2.14. The van der Waals surface area contributed by atoms with Crippen molar-refractivity contribution in [1.82, 2.24) is 5.32 Å². The van der Waals surface area contributed by atoms with Crippen molar-refractivity contribution in [3.05, 3.63) is 35.4 Å². The lowest BCUT2D eigenvalue weighted by atomic mass is 10.0. The number of amides is 1. The van der Waals surface area contributed by atoms with E-state index in [0.717, 1.165) is 5.56 Å². The molecule has 5 heteroatoms. The van der Waals surface area contributed by atoms with E-state index in [2.05, 4.69) is 5.32 Å². The average molecular weight is 246 g/mol. The van der Waals surface area contributed by atoms with Crippen LogP contribution in [0.25, 0.3) is 0 Å². The number of nitrogens with one attached hydrogen (secondary N) is 1. The molecular formula is C13H14N2O3. The minimum Gasteiger partial charge on any atom is -0.481 e. The average Bonchev–Trinajstić information content (AvgIpc) is 2.28. The first kappa shape index (κ1) is 13.7. The van der Waals surface area contributed by atoms with Crippen LogP contribution in [-0.4, -0.2) is 23.0 Å². The Bertz CT molecular complexity index is 458. The predicted molar refractivity (Wildman–Crippen MR) is 64.7 cm³/mol. The highest BCUT2D eigenvalue weighted by Crippen LogP contribution is 2.08. The zero-order valence-electron chi connectivity index (χ0n) is 10.0. The second-order valence-electron chi connectivity index (χ2n) is 4.01. The number of rotatable bonds is 5. The zero-order valence-corrected chi connectivity index (χ0v) is 10.0. The lowest BCUT2D eigenvalue weighted by Crippen LogP contribution is -2.36. The minimum absolute atomic E-state index is 0.125. The largest absolute Gasteiger partial charge is 0.481 e. The van der Waals surface area contributed by atoms with Gasteiger partial charge in [-0.15, -0.1) is 0 Å². The summed E-state index contributed by atoms with van der Waals surface area (Å²) in [6.45, 7) is 1.35. The SMILES string of the molecule is CC(=O)N[C@H](CC(=O)O)Cc1ccc(C#N)cc1. The van der Waals surface area contributed by atoms with E-state index in [-0.39, 0.29) is 12.3 Å². The van der Waals surface area contributed by atoms with E-state index >= 15 is 0 Å². The summed E-state index contributed by atoms with van der Waals surface area (Å²) in [5, 5.41) is 20.0. The third-order valence-electron chi connectivity index (χ3n) is 2.39. The topological polar surface area (TPSA) is 90.2 Å². The van der Waals surface area contributed by atoms with Gasteiger partial charge in [0, 0.05) is 13.0 Å². The maximum atomic E-state index is 11.0. The van der Waals surface area contributed by atoms with Gasteiger partial charge in [-0.05, 0) is 24.1 Å². The Morgan fingerprint density at radius 1 is 1.39 bits per heavy atom. The number of hydrogen-bond acceptors (Lipinski definition) is 3. The molecule has 2 N–H and O–H groups in total. The molecule has 0 fully saturated rings. The molecule has 94 valence electrons. The van der Waals surface area contributed by atoms with Gasteiger partial charge in [0.1, 0.15) is 0 Å². The summed E-state index contributed by atoms with van der Waals surface area (Å²) in [5.41, 5.74) is 1.43. The van der Waals surface area contributed by atoms with E-state index in [0.29, 0.717) is 12.0 Å². The van der Waals surface area contributed by atoms with Gasteiger partial charge in [0.15, 0.2) is 0 Å². The van der Waals surface area contributed by atoms with Gasteiger partial charge in [0.25, 0.3) is 0 Å². The van der Waals surface area contributed by atoms with Crippen molar-refractivity contribution in [1.29, 1.82) is 5.26 Å². The van der Waals surface area contributed by atoms with Crippen LogP contribution < -0.4 is 5.32 Å². The molecule has 18 heavy (non-hydrogen) atoms. The van der Waals surface area contributed by atoms with E-state index < -0.39 is 12.0 Å². The maximum Gasteiger partial charge on any atom is 0.305 e. The van der Waals surface area contributed by atoms with Gasteiger partial charge in [-0.2, -0.15) is 5.26 Å². The predicted octanol–water partition coefficient (Wildman–Crippen LogP) is 1.08. The molecule has 5 nitrogen and oxygen atoms in total. The van der Waals surface area contributed by atoms with Gasteiger partial charge in [0.05, 0.1) is 18.1 Å². The van der Waals surface area contributed by atoms with Crippen LogP contribution in [0, 0.1) is 11.3 Å². The van der Waals surface area contributed by atoms with Crippen LogP contribution in [0.3, 0.4) is 0 Å². The molecule has 0 bridgehead atoms. The molecule has 0 spiro atoms. The van der Waals surface area contributed by atoms with Gasteiger partial charge < -0.3 is 10.4 Å². The summed E-state index contributed by atoms with van der Waals surface area (Å²) in [7, 11) is 0. The number of nitrogens with zero attached hydrogens (tertiary/aromatic N) is 1. The monoisotopic (exact) mass is 246 g/mol. The first-order valence-corrected chi connectivity index (χ1v) is 5.49. The second-order valence-corrected chi connectivity index (χ2v) is 4.01. The molecule has 1 aromatic rings. The van der Waals surface area contributed by atoms with Crippen molar-refractivity contribution in [2.75, 3.05) is 0 Å². The third kappa shape index (κ3) is 4.66. The molecule has 0 aliphatic carbocycles. The maximum absolute atomic E-state index is 11.0. The number of benzene rings is 1. The third-order valence-corrected chi connectivity index (χ3v) is 2.39. The first-order valence-electron chi connectivity index (χ1n) is 5.49. The van der Waals surface area contributed by atoms with Gasteiger partial charge in [-0.25, -0.2) is 0 Å². The van der Waals surface area contributed by atoms with Crippen molar-refractivity contribution < 1.29 is 14.7 Å². The van der Waals surface area contributed by atoms with Crippen LogP contribution >= 0.6 is 0 Å². The molecule has 1 amide bonds. The van der Waals surface area contributed by atoms with Crippen LogP contribution in [0.4, 0.5) is 0 Å². The number of carbonyl (C=O) groups is 2. The van der Waals surface area contributed by atoms with E-state index in [4.69, 9.17) is 10.4 Å².